The lowest BCUT2D eigenvalue weighted by Crippen LogP contribution is -2.00. The fourth-order valence-electron chi connectivity index (χ4n) is 7.33. The van der Waals surface area contributed by atoms with Gasteiger partial charge in [-0.2, -0.15) is 0 Å². The van der Waals surface area contributed by atoms with Crippen molar-refractivity contribution in [2.24, 2.45) is 0 Å². The van der Waals surface area contributed by atoms with Crippen molar-refractivity contribution in [1.29, 1.82) is 0 Å². The van der Waals surface area contributed by atoms with Gasteiger partial charge in [-0.3, -0.25) is 0 Å². The monoisotopic (exact) mass is 671 g/mol. The van der Waals surface area contributed by atoms with Gasteiger partial charge in [0.25, 0.3) is 0 Å². The summed E-state index contributed by atoms with van der Waals surface area (Å²) in [7, 11) is 0. The average molecular weight is 672 g/mol. The quantitative estimate of drug-likeness (QED) is 0.186. The highest BCUT2D eigenvalue weighted by molar-refractivity contribution is 7.26. The molecule has 11 rings (SSSR count). The summed E-state index contributed by atoms with van der Waals surface area (Å²) in [5, 5.41) is 6.75. The molecule has 0 N–H and O–H groups in total. The molecule has 0 unspecified atom stereocenters. The summed E-state index contributed by atoms with van der Waals surface area (Å²) in [6.07, 6.45) is 0. The predicted molar refractivity (Wildman–Crippen MR) is 209 cm³/mol. The van der Waals surface area contributed by atoms with Crippen molar-refractivity contribution in [1.82, 2.24) is 15.0 Å². The molecule has 0 spiro atoms. The van der Waals surface area contributed by atoms with E-state index < -0.39 is 0 Å². The lowest BCUT2D eigenvalue weighted by Gasteiger charge is -2.10. The summed E-state index contributed by atoms with van der Waals surface area (Å²) in [4.78, 5) is 15.3. The van der Waals surface area contributed by atoms with E-state index in [1.54, 1.807) is 11.3 Å². The van der Waals surface area contributed by atoms with Gasteiger partial charge in [0, 0.05) is 70.0 Å². The Balaban J connectivity index is 1.08. The second-order valence-electron chi connectivity index (χ2n) is 12.8. The van der Waals surface area contributed by atoms with Crippen molar-refractivity contribution < 1.29 is 8.83 Å². The lowest BCUT2D eigenvalue weighted by molar-refractivity contribution is 0.656. The summed E-state index contributed by atoms with van der Waals surface area (Å²) < 4.78 is 15.2. The minimum Gasteiger partial charge on any atom is -0.456 e. The molecule has 0 aliphatic rings. The van der Waals surface area contributed by atoms with Crippen molar-refractivity contribution in [2.45, 2.75) is 0 Å². The van der Waals surface area contributed by atoms with Gasteiger partial charge >= 0.3 is 0 Å². The Bertz CT molecular complexity index is 3160. The van der Waals surface area contributed by atoms with E-state index in [1.807, 2.05) is 54.6 Å². The number of fused-ring (bicyclic) bond motifs is 9. The zero-order valence-corrected chi connectivity index (χ0v) is 27.8. The topological polar surface area (TPSA) is 65.0 Å². The number of thiophene rings is 1. The molecule has 7 aromatic carbocycles. The van der Waals surface area contributed by atoms with Gasteiger partial charge in [-0.25, -0.2) is 15.0 Å². The predicted octanol–water partition coefficient (Wildman–Crippen LogP) is 12.7. The number of para-hydroxylation sites is 2. The van der Waals surface area contributed by atoms with E-state index in [1.165, 1.54) is 20.2 Å². The Morgan fingerprint density at radius 1 is 0.373 bits per heavy atom. The number of aromatic nitrogens is 3. The van der Waals surface area contributed by atoms with E-state index in [0.717, 1.165) is 71.7 Å². The minimum absolute atomic E-state index is 0.614. The van der Waals surface area contributed by atoms with Gasteiger partial charge in [-0.05, 0) is 35.9 Å². The number of nitrogens with zero attached hydrogens (tertiary/aromatic N) is 3. The van der Waals surface area contributed by atoms with Gasteiger partial charge in [0.1, 0.15) is 22.3 Å². The first kappa shape index (κ1) is 28.2. The van der Waals surface area contributed by atoms with E-state index in [0.29, 0.717) is 17.5 Å². The Labute approximate surface area is 295 Å². The van der Waals surface area contributed by atoms with E-state index in [2.05, 4.69) is 97.1 Å². The van der Waals surface area contributed by atoms with Crippen LogP contribution in [-0.2, 0) is 0 Å². The molecule has 0 bridgehead atoms. The molecule has 6 heteroatoms. The van der Waals surface area contributed by atoms with Crippen LogP contribution in [0.25, 0.3) is 109 Å². The molecule has 238 valence electrons. The van der Waals surface area contributed by atoms with Gasteiger partial charge < -0.3 is 8.83 Å². The summed E-state index contributed by atoms with van der Waals surface area (Å²) >= 11 is 1.77. The summed E-state index contributed by atoms with van der Waals surface area (Å²) in [6.45, 7) is 0. The molecule has 5 nitrogen and oxygen atoms in total. The minimum atomic E-state index is 0.614. The fourth-order valence-corrected chi connectivity index (χ4v) is 8.55. The third kappa shape index (κ3) is 4.43. The van der Waals surface area contributed by atoms with Gasteiger partial charge in [-0.15, -0.1) is 11.3 Å². The van der Waals surface area contributed by atoms with Crippen LogP contribution in [0.15, 0.2) is 160 Å². The van der Waals surface area contributed by atoms with E-state index >= 15 is 0 Å². The Kier molecular flexibility index (Phi) is 6.05. The Morgan fingerprint density at radius 2 is 1.00 bits per heavy atom. The first-order valence-corrected chi connectivity index (χ1v) is 17.7. The highest BCUT2D eigenvalue weighted by Gasteiger charge is 2.19. The summed E-state index contributed by atoms with van der Waals surface area (Å²) in [5.74, 6) is 1.90. The molecular formula is C45H25N3O2S. The zero-order chi connectivity index (χ0) is 33.5. The van der Waals surface area contributed by atoms with Crippen LogP contribution in [0.4, 0.5) is 0 Å². The van der Waals surface area contributed by atoms with Crippen molar-refractivity contribution in [3.63, 3.8) is 0 Å². The van der Waals surface area contributed by atoms with Crippen molar-refractivity contribution in [3.05, 3.63) is 152 Å². The Morgan fingerprint density at radius 3 is 1.90 bits per heavy atom. The maximum atomic E-state index is 6.61. The molecule has 0 amide bonds. The molecule has 0 radical (unpaired) electrons. The molecule has 4 aromatic heterocycles. The number of hydrogen-bond acceptors (Lipinski definition) is 6. The third-order valence-corrected chi connectivity index (χ3v) is 11.0. The molecule has 0 aliphatic heterocycles. The van der Waals surface area contributed by atoms with Gasteiger partial charge in [0.05, 0.1) is 0 Å². The molecule has 4 heterocycles. The number of hydrogen-bond donors (Lipinski definition) is 0. The van der Waals surface area contributed by atoms with E-state index in [4.69, 9.17) is 23.8 Å². The number of furan rings is 2. The maximum absolute atomic E-state index is 6.61. The van der Waals surface area contributed by atoms with Crippen LogP contribution in [0.2, 0.25) is 0 Å². The van der Waals surface area contributed by atoms with Crippen LogP contribution in [-0.4, -0.2) is 15.0 Å². The Hall–Kier alpha value is -6.63. The molecule has 0 atom stereocenters. The summed E-state index contributed by atoms with van der Waals surface area (Å²) in [5.41, 5.74) is 8.17. The van der Waals surface area contributed by atoms with E-state index in [-0.39, 0.29) is 0 Å². The highest BCUT2D eigenvalue weighted by atomic mass is 32.1. The normalized spacial score (nSPS) is 11.9. The van der Waals surface area contributed by atoms with Crippen LogP contribution < -0.4 is 0 Å². The molecule has 0 fully saturated rings. The number of benzene rings is 7. The van der Waals surface area contributed by atoms with Gasteiger partial charge in [0.15, 0.2) is 17.5 Å². The van der Waals surface area contributed by atoms with Crippen LogP contribution in [0.5, 0.6) is 0 Å². The summed E-state index contributed by atoms with van der Waals surface area (Å²) in [6, 6.07) is 52.1. The highest BCUT2D eigenvalue weighted by Crippen LogP contribution is 2.42. The smallest absolute Gasteiger partial charge is 0.165 e. The molecule has 0 aliphatic carbocycles. The SMILES string of the molecule is c1ccc(-c2nc(-c3cccc(-c4cccc5c4oc4cc6oc7ccccc7c6cc45)c3)nc(-c3cccc4c3sc3ccccc34)n2)cc1. The van der Waals surface area contributed by atoms with Gasteiger partial charge in [0.2, 0.25) is 0 Å². The second-order valence-corrected chi connectivity index (χ2v) is 13.8. The third-order valence-electron chi connectivity index (χ3n) is 9.74. The average Bonchev–Trinajstić information content (AvgIpc) is 3.88. The van der Waals surface area contributed by atoms with Crippen molar-refractivity contribution >= 4 is 75.4 Å². The van der Waals surface area contributed by atoms with Crippen LogP contribution in [0.3, 0.4) is 0 Å². The van der Waals surface area contributed by atoms with Gasteiger partial charge in [-0.1, -0.05) is 115 Å². The van der Waals surface area contributed by atoms with E-state index in [9.17, 15) is 0 Å². The first-order valence-electron chi connectivity index (χ1n) is 16.8. The standard InChI is InChI=1S/C45H25N3O2S/c1-2-11-26(12-3-1)43-46-44(48-45(47-43)34-20-10-19-33-31-16-5-7-22-40(31)51-42(33)34)28-14-8-13-27(23-28)29-17-9-18-32-36-24-35-30-15-4-6-21-37(30)49-38(35)25-39(36)50-41(29)32/h1-25H. The molecule has 0 saturated carbocycles. The zero-order valence-electron chi connectivity index (χ0n) is 27.0. The van der Waals surface area contributed by atoms with Crippen LogP contribution in [0, 0.1) is 0 Å². The first-order chi connectivity index (χ1) is 25.2. The van der Waals surface area contributed by atoms with Crippen LogP contribution in [0.1, 0.15) is 0 Å². The lowest BCUT2D eigenvalue weighted by atomic mass is 10.00. The van der Waals surface area contributed by atoms with Crippen LogP contribution >= 0.6 is 11.3 Å². The largest absolute Gasteiger partial charge is 0.456 e. The molecule has 51 heavy (non-hydrogen) atoms. The van der Waals surface area contributed by atoms with Crippen molar-refractivity contribution in [2.75, 3.05) is 0 Å². The molecular weight excluding hydrogens is 647 g/mol. The fraction of sp³-hybridized carbons (Fsp3) is 0. The molecule has 11 aromatic rings. The van der Waals surface area contributed by atoms with Crippen molar-refractivity contribution in [3.8, 4) is 45.3 Å². The second kappa shape index (κ2) is 10.9. The number of rotatable bonds is 4. The molecule has 0 saturated heterocycles. The maximum Gasteiger partial charge on any atom is 0.165 e.